The maximum atomic E-state index is 11.3. The van der Waals surface area contributed by atoms with Crippen molar-refractivity contribution >= 4 is 22.2 Å². The van der Waals surface area contributed by atoms with Gasteiger partial charge in [-0.1, -0.05) is 0 Å². The molecule has 3 N–H and O–H groups in total. The molecule has 1 aliphatic rings. The summed E-state index contributed by atoms with van der Waals surface area (Å²) >= 11 is 0. The fourth-order valence-electron chi connectivity index (χ4n) is 1.08. The zero-order valence-electron chi connectivity index (χ0n) is 7.64. The Hall–Kier alpha value is -1.07. The maximum absolute atomic E-state index is 11.3. The lowest BCUT2D eigenvalue weighted by atomic mass is 10.1. The summed E-state index contributed by atoms with van der Waals surface area (Å²) in [7, 11) is -5.00. The summed E-state index contributed by atoms with van der Waals surface area (Å²) in [6.07, 6.45) is -5.53. The second-order valence-electron chi connectivity index (χ2n) is 2.91. The van der Waals surface area contributed by atoms with Crippen LogP contribution in [0.5, 0.6) is 0 Å². The highest BCUT2D eigenvalue weighted by molar-refractivity contribution is 7.81. The molecule has 0 aliphatic carbocycles. The van der Waals surface area contributed by atoms with Gasteiger partial charge in [-0.15, -0.1) is 0 Å². The highest BCUT2D eigenvalue weighted by Gasteiger charge is 2.49. The van der Waals surface area contributed by atoms with E-state index in [2.05, 4.69) is 8.92 Å². The SMILES string of the molecule is O=C1OC(C(O)CO)C(=O)C1OS(=O)(=O)O. The molecule has 9 nitrogen and oxygen atoms in total. The Balaban J connectivity index is 2.83. The first kappa shape index (κ1) is 13.0. The van der Waals surface area contributed by atoms with Gasteiger partial charge >= 0.3 is 16.4 Å². The van der Waals surface area contributed by atoms with E-state index >= 15 is 0 Å². The third-order valence-electron chi connectivity index (χ3n) is 1.75. The summed E-state index contributed by atoms with van der Waals surface area (Å²) in [6.45, 7) is -0.859. The van der Waals surface area contributed by atoms with Crippen LogP contribution < -0.4 is 0 Å². The molecule has 0 radical (unpaired) electrons. The number of aliphatic hydroxyl groups excluding tert-OH is 2. The standard InChI is InChI=1S/C6H8O9S/c7-1-2(8)4-3(9)5(6(10)14-4)15-16(11,12)13/h2,4-5,7-8H,1H2,(H,11,12,13). The van der Waals surface area contributed by atoms with Gasteiger partial charge in [-0.25, -0.2) is 8.98 Å². The van der Waals surface area contributed by atoms with Gasteiger partial charge in [-0.05, 0) is 0 Å². The van der Waals surface area contributed by atoms with E-state index in [1.165, 1.54) is 0 Å². The first-order valence-electron chi connectivity index (χ1n) is 3.95. The van der Waals surface area contributed by atoms with Crippen LogP contribution in [0.3, 0.4) is 0 Å². The summed E-state index contributed by atoms with van der Waals surface area (Å²) in [6, 6.07) is 0. The quantitative estimate of drug-likeness (QED) is 0.272. The van der Waals surface area contributed by atoms with Gasteiger partial charge in [0, 0.05) is 0 Å². The lowest BCUT2D eigenvalue weighted by Gasteiger charge is -2.11. The number of ether oxygens (including phenoxy) is 1. The Morgan fingerprint density at radius 2 is 2.00 bits per heavy atom. The molecule has 3 atom stereocenters. The molecule has 1 fully saturated rings. The number of ketones is 1. The highest BCUT2D eigenvalue weighted by Crippen LogP contribution is 2.18. The van der Waals surface area contributed by atoms with E-state index in [0.29, 0.717) is 0 Å². The molecule has 10 heteroatoms. The first-order chi connectivity index (χ1) is 7.26. The number of hydrogen-bond donors (Lipinski definition) is 3. The average Bonchev–Trinajstić information content (AvgIpc) is 2.42. The average molecular weight is 256 g/mol. The molecule has 1 saturated heterocycles. The van der Waals surface area contributed by atoms with Crippen LogP contribution in [0.15, 0.2) is 0 Å². The van der Waals surface area contributed by atoms with Crippen LogP contribution in [0, 0.1) is 0 Å². The van der Waals surface area contributed by atoms with E-state index < -0.39 is 47.1 Å². The zero-order valence-corrected chi connectivity index (χ0v) is 8.46. The predicted molar refractivity (Wildman–Crippen MR) is 44.4 cm³/mol. The molecule has 0 spiro atoms. The number of carbonyl (C=O) groups excluding carboxylic acids is 2. The molecular formula is C6H8O9S. The van der Waals surface area contributed by atoms with Crippen LogP contribution in [-0.2, 0) is 28.9 Å². The van der Waals surface area contributed by atoms with Gasteiger partial charge in [0.1, 0.15) is 6.10 Å². The Bertz CT molecular complexity index is 398. The van der Waals surface area contributed by atoms with Gasteiger partial charge in [0.05, 0.1) is 6.61 Å². The van der Waals surface area contributed by atoms with Gasteiger partial charge in [0.2, 0.25) is 11.9 Å². The highest BCUT2D eigenvalue weighted by atomic mass is 32.3. The Kier molecular flexibility index (Phi) is 3.60. The van der Waals surface area contributed by atoms with Crippen LogP contribution in [-0.4, -0.2) is 59.9 Å². The normalized spacial score (nSPS) is 27.9. The van der Waals surface area contributed by atoms with E-state index in [1.807, 2.05) is 0 Å². The Morgan fingerprint density at radius 1 is 1.44 bits per heavy atom. The van der Waals surface area contributed by atoms with Crippen molar-refractivity contribution in [2.45, 2.75) is 18.3 Å². The lowest BCUT2D eigenvalue weighted by Crippen LogP contribution is -2.38. The predicted octanol–water partition coefficient (Wildman–Crippen LogP) is -2.98. The van der Waals surface area contributed by atoms with E-state index in [1.54, 1.807) is 0 Å². The second-order valence-corrected chi connectivity index (χ2v) is 3.96. The molecular weight excluding hydrogens is 248 g/mol. The first-order valence-corrected chi connectivity index (χ1v) is 5.31. The van der Waals surface area contributed by atoms with Crippen molar-refractivity contribution in [2.75, 3.05) is 6.61 Å². The molecule has 0 amide bonds. The molecule has 3 unspecified atom stereocenters. The number of Topliss-reactive ketones (excluding diaryl/α,β-unsaturated/α-hetero) is 1. The van der Waals surface area contributed by atoms with Crippen LogP contribution in [0.2, 0.25) is 0 Å². The molecule has 0 bridgehead atoms. The van der Waals surface area contributed by atoms with Crippen molar-refractivity contribution in [3.8, 4) is 0 Å². The van der Waals surface area contributed by atoms with Crippen LogP contribution in [0.4, 0.5) is 0 Å². The van der Waals surface area contributed by atoms with E-state index in [9.17, 15) is 18.0 Å². The summed E-state index contributed by atoms with van der Waals surface area (Å²) in [4.78, 5) is 22.2. The smallest absolute Gasteiger partial charge is 0.398 e. The van der Waals surface area contributed by atoms with E-state index in [-0.39, 0.29) is 0 Å². The number of cyclic esters (lactones) is 1. The number of rotatable bonds is 4. The molecule has 1 rings (SSSR count). The molecule has 0 aromatic rings. The number of carbonyl (C=O) groups is 2. The van der Waals surface area contributed by atoms with Gasteiger partial charge < -0.3 is 14.9 Å². The summed E-state index contributed by atoms with van der Waals surface area (Å²) in [5, 5.41) is 17.6. The third-order valence-corrected chi connectivity index (χ3v) is 2.19. The fourth-order valence-corrected chi connectivity index (χ4v) is 1.50. The summed E-state index contributed by atoms with van der Waals surface area (Å²) in [5.74, 6) is -2.55. The topological polar surface area (TPSA) is 147 Å². The summed E-state index contributed by atoms with van der Waals surface area (Å²) in [5.41, 5.74) is 0. The van der Waals surface area contributed by atoms with Crippen molar-refractivity contribution in [3.63, 3.8) is 0 Å². The van der Waals surface area contributed by atoms with Crippen LogP contribution >= 0.6 is 0 Å². The number of hydrogen-bond acceptors (Lipinski definition) is 8. The zero-order chi connectivity index (χ0) is 12.5. The van der Waals surface area contributed by atoms with Gasteiger partial charge in [-0.2, -0.15) is 8.42 Å². The summed E-state index contributed by atoms with van der Waals surface area (Å²) < 4.78 is 36.9. The minimum atomic E-state index is -5.00. The second kappa shape index (κ2) is 4.43. The molecule has 0 saturated carbocycles. The van der Waals surface area contributed by atoms with Crippen molar-refractivity contribution < 1.29 is 41.7 Å². The minimum absolute atomic E-state index is 0.859. The van der Waals surface area contributed by atoms with Crippen molar-refractivity contribution in [2.24, 2.45) is 0 Å². The van der Waals surface area contributed by atoms with Crippen LogP contribution in [0.1, 0.15) is 0 Å². The molecule has 92 valence electrons. The Labute approximate surface area is 89.5 Å². The molecule has 1 heterocycles. The molecule has 1 aliphatic heterocycles. The molecule has 0 aromatic heterocycles. The van der Waals surface area contributed by atoms with E-state index in [4.69, 9.17) is 14.8 Å². The van der Waals surface area contributed by atoms with Gasteiger partial charge in [-0.3, -0.25) is 9.35 Å². The monoisotopic (exact) mass is 256 g/mol. The van der Waals surface area contributed by atoms with E-state index in [0.717, 1.165) is 0 Å². The maximum Gasteiger partial charge on any atom is 0.398 e. The Morgan fingerprint density at radius 3 is 2.44 bits per heavy atom. The minimum Gasteiger partial charge on any atom is -0.449 e. The fraction of sp³-hybridized carbons (Fsp3) is 0.667. The largest absolute Gasteiger partial charge is 0.449 e. The lowest BCUT2D eigenvalue weighted by molar-refractivity contribution is -0.151. The molecule has 0 aromatic carbocycles. The number of esters is 1. The van der Waals surface area contributed by atoms with Crippen molar-refractivity contribution in [1.29, 1.82) is 0 Å². The molecule has 16 heavy (non-hydrogen) atoms. The van der Waals surface area contributed by atoms with Crippen molar-refractivity contribution in [1.82, 2.24) is 0 Å². The van der Waals surface area contributed by atoms with Gasteiger partial charge in [0.15, 0.2) is 6.10 Å². The number of aliphatic hydroxyl groups is 2. The van der Waals surface area contributed by atoms with Crippen molar-refractivity contribution in [3.05, 3.63) is 0 Å². The third kappa shape index (κ3) is 2.74. The van der Waals surface area contributed by atoms with Gasteiger partial charge in [0.25, 0.3) is 0 Å². The van der Waals surface area contributed by atoms with Crippen LogP contribution in [0.25, 0.3) is 0 Å².